The van der Waals surface area contributed by atoms with Crippen molar-refractivity contribution in [2.24, 2.45) is 0 Å². The molecule has 0 aromatic heterocycles. The molecule has 0 fully saturated rings. The van der Waals surface area contributed by atoms with E-state index < -0.39 is 0 Å². The second-order valence-electron chi connectivity index (χ2n) is 3.84. The standard InChI is InChI=1S/C13H8.2C2H6/c1-2-6-10-9(5-1)13(10)11-7-3-4-8-12(11)13;2*1-2/h1-8H;2*1-2H3. The Kier molecular flexibility index (Phi) is 3.06. The van der Waals surface area contributed by atoms with Gasteiger partial charge in [-0.25, -0.2) is 0 Å². The Labute approximate surface area is 104 Å². The summed E-state index contributed by atoms with van der Waals surface area (Å²) in [6, 6.07) is 17.5. The number of hydrogen-bond donors (Lipinski definition) is 0. The fourth-order valence-corrected chi connectivity index (χ4v) is 2.69. The molecule has 0 aliphatic heterocycles. The zero-order valence-electron chi connectivity index (χ0n) is 11.1. The van der Waals surface area contributed by atoms with Gasteiger partial charge in [-0.05, 0) is 22.3 Å². The van der Waals surface area contributed by atoms with Gasteiger partial charge in [-0.15, -0.1) is 0 Å². The summed E-state index contributed by atoms with van der Waals surface area (Å²) in [5.74, 6) is 0. The van der Waals surface area contributed by atoms with Gasteiger partial charge in [0.15, 0.2) is 0 Å². The molecule has 0 N–H and O–H groups in total. The monoisotopic (exact) mass is 224 g/mol. The van der Waals surface area contributed by atoms with Crippen LogP contribution in [0.25, 0.3) is 0 Å². The van der Waals surface area contributed by atoms with Crippen molar-refractivity contribution >= 4 is 0 Å². The molecule has 2 aromatic rings. The van der Waals surface area contributed by atoms with Crippen molar-refractivity contribution in [1.29, 1.82) is 0 Å². The van der Waals surface area contributed by atoms with E-state index in [0.29, 0.717) is 5.41 Å². The molecule has 2 aliphatic rings. The van der Waals surface area contributed by atoms with Crippen LogP contribution in [-0.2, 0) is 5.41 Å². The molecule has 0 radical (unpaired) electrons. The summed E-state index contributed by atoms with van der Waals surface area (Å²) in [5, 5.41) is 0. The minimum atomic E-state index is 0.312. The van der Waals surface area contributed by atoms with Crippen LogP contribution in [0.2, 0.25) is 0 Å². The molecule has 0 heteroatoms. The van der Waals surface area contributed by atoms with E-state index in [4.69, 9.17) is 0 Å². The number of hydrogen-bond acceptors (Lipinski definition) is 0. The lowest BCUT2D eigenvalue weighted by Crippen LogP contribution is -1.79. The van der Waals surface area contributed by atoms with E-state index in [9.17, 15) is 0 Å². The molecule has 4 rings (SSSR count). The van der Waals surface area contributed by atoms with Crippen molar-refractivity contribution in [2.45, 2.75) is 33.1 Å². The molecule has 0 nitrogen and oxygen atoms in total. The van der Waals surface area contributed by atoms with E-state index >= 15 is 0 Å². The molecule has 0 saturated heterocycles. The van der Waals surface area contributed by atoms with Crippen LogP contribution in [0.4, 0.5) is 0 Å². The van der Waals surface area contributed by atoms with Crippen molar-refractivity contribution in [3.63, 3.8) is 0 Å². The molecule has 0 saturated carbocycles. The fraction of sp³-hybridized carbons (Fsp3) is 0.294. The quantitative estimate of drug-likeness (QED) is 0.404. The molecular formula is C17H20. The van der Waals surface area contributed by atoms with Gasteiger partial charge in [0.25, 0.3) is 0 Å². The Hall–Kier alpha value is -1.56. The van der Waals surface area contributed by atoms with Crippen molar-refractivity contribution in [2.75, 3.05) is 0 Å². The maximum absolute atomic E-state index is 2.25. The predicted octanol–water partition coefficient (Wildman–Crippen LogP) is 4.75. The fourth-order valence-electron chi connectivity index (χ4n) is 2.69. The number of rotatable bonds is 0. The highest BCUT2D eigenvalue weighted by Crippen LogP contribution is 2.70. The van der Waals surface area contributed by atoms with Gasteiger partial charge in [-0.2, -0.15) is 0 Å². The summed E-state index contributed by atoms with van der Waals surface area (Å²) >= 11 is 0. The molecule has 0 amide bonds. The highest BCUT2D eigenvalue weighted by Gasteiger charge is 2.64. The molecule has 1 spiro atoms. The van der Waals surface area contributed by atoms with E-state index in [1.165, 1.54) is 22.3 Å². The topological polar surface area (TPSA) is 0 Å². The van der Waals surface area contributed by atoms with Gasteiger partial charge in [0.1, 0.15) is 0 Å². The van der Waals surface area contributed by atoms with E-state index in [1.807, 2.05) is 27.7 Å². The summed E-state index contributed by atoms with van der Waals surface area (Å²) in [6.45, 7) is 8.00. The third-order valence-electron chi connectivity index (χ3n) is 3.35. The van der Waals surface area contributed by atoms with E-state index in [2.05, 4.69) is 48.5 Å². The molecule has 88 valence electrons. The van der Waals surface area contributed by atoms with Crippen LogP contribution < -0.4 is 0 Å². The summed E-state index contributed by atoms with van der Waals surface area (Å²) in [7, 11) is 0. The van der Waals surface area contributed by atoms with Crippen molar-refractivity contribution in [1.82, 2.24) is 0 Å². The Morgan fingerprint density at radius 1 is 0.529 bits per heavy atom. The second-order valence-corrected chi connectivity index (χ2v) is 3.84. The number of fused-ring (bicyclic) bond motifs is 6. The van der Waals surface area contributed by atoms with Crippen LogP contribution in [0, 0.1) is 0 Å². The van der Waals surface area contributed by atoms with Gasteiger partial charge in [-0.3, -0.25) is 0 Å². The first-order chi connectivity index (χ1) is 8.45. The zero-order valence-corrected chi connectivity index (χ0v) is 11.1. The van der Waals surface area contributed by atoms with Gasteiger partial charge < -0.3 is 0 Å². The van der Waals surface area contributed by atoms with Gasteiger partial charge in [0, 0.05) is 0 Å². The van der Waals surface area contributed by atoms with Gasteiger partial charge in [0.05, 0.1) is 5.41 Å². The maximum Gasteiger partial charge on any atom is 0.0714 e. The average Bonchev–Trinajstić information content (AvgIpc) is 3.32. The second kappa shape index (κ2) is 4.37. The third kappa shape index (κ3) is 1.37. The molecule has 2 aromatic carbocycles. The zero-order chi connectivity index (χ0) is 12.5. The number of benzene rings is 2. The first-order valence-electron chi connectivity index (χ1n) is 6.65. The lowest BCUT2D eigenvalue weighted by atomic mass is 10.2. The molecule has 2 aliphatic carbocycles. The highest BCUT2D eigenvalue weighted by atomic mass is 14.6. The molecule has 0 unspecified atom stereocenters. The molecule has 0 heterocycles. The van der Waals surface area contributed by atoms with Gasteiger partial charge in [0.2, 0.25) is 0 Å². The summed E-state index contributed by atoms with van der Waals surface area (Å²) in [6.07, 6.45) is 0. The SMILES string of the molecule is CC.CC.c1ccc2c(c1)C21c2ccccc21. The average molecular weight is 224 g/mol. The van der Waals surface area contributed by atoms with Crippen LogP contribution in [0.15, 0.2) is 48.5 Å². The van der Waals surface area contributed by atoms with Crippen molar-refractivity contribution < 1.29 is 0 Å². The minimum Gasteiger partial charge on any atom is -0.0683 e. The Balaban J connectivity index is 0.000000248. The smallest absolute Gasteiger partial charge is 0.0683 e. The van der Waals surface area contributed by atoms with Crippen LogP contribution in [0.3, 0.4) is 0 Å². The lowest BCUT2D eigenvalue weighted by Gasteiger charge is -1.80. The van der Waals surface area contributed by atoms with E-state index in [-0.39, 0.29) is 0 Å². The molecule has 0 atom stereocenters. The Morgan fingerprint density at radius 3 is 1.00 bits per heavy atom. The summed E-state index contributed by atoms with van der Waals surface area (Å²) < 4.78 is 0. The maximum atomic E-state index is 2.25. The van der Waals surface area contributed by atoms with Crippen LogP contribution >= 0.6 is 0 Å². The van der Waals surface area contributed by atoms with Crippen LogP contribution in [0.5, 0.6) is 0 Å². The van der Waals surface area contributed by atoms with E-state index in [1.54, 1.807) is 0 Å². The largest absolute Gasteiger partial charge is 0.0714 e. The highest BCUT2D eigenvalue weighted by molar-refractivity contribution is 5.86. The van der Waals surface area contributed by atoms with Crippen LogP contribution in [-0.4, -0.2) is 0 Å². The Morgan fingerprint density at radius 2 is 0.765 bits per heavy atom. The first-order valence-corrected chi connectivity index (χ1v) is 6.65. The van der Waals surface area contributed by atoms with E-state index in [0.717, 1.165) is 0 Å². The minimum absolute atomic E-state index is 0.312. The lowest BCUT2D eigenvalue weighted by molar-refractivity contribution is 1.16. The summed E-state index contributed by atoms with van der Waals surface area (Å²) in [5.41, 5.74) is 6.41. The Bertz CT molecular complexity index is 424. The normalized spacial score (nSPS) is 14.4. The molecular weight excluding hydrogens is 204 g/mol. The molecule has 0 bridgehead atoms. The van der Waals surface area contributed by atoms with Gasteiger partial charge in [-0.1, -0.05) is 76.2 Å². The van der Waals surface area contributed by atoms with Crippen LogP contribution in [0.1, 0.15) is 49.9 Å². The third-order valence-corrected chi connectivity index (χ3v) is 3.35. The summed E-state index contributed by atoms with van der Waals surface area (Å²) in [4.78, 5) is 0. The van der Waals surface area contributed by atoms with Crippen molar-refractivity contribution in [3.8, 4) is 0 Å². The van der Waals surface area contributed by atoms with Gasteiger partial charge >= 0.3 is 0 Å². The first kappa shape index (κ1) is 11.9. The predicted molar refractivity (Wildman–Crippen MR) is 74.6 cm³/mol. The van der Waals surface area contributed by atoms with Crippen molar-refractivity contribution in [3.05, 3.63) is 70.8 Å². The molecule has 17 heavy (non-hydrogen) atoms.